The number of carbonyl (C=O) groups excluding carboxylic acids is 1. The van der Waals surface area contributed by atoms with Crippen molar-refractivity contribution in [3.63, 3.8) is 0 Å². The minimum Gasteiger partial charge on any atom is -0.407 e. The zero-order chi connectivity index (χ0) is 10.3. The number of ketones is 1. The molecule has 0 aromatic heterocycles. The molecule has 1 fully saturated rings. The van der Waals surface area contributed by atoms with Crippen molar-refractivity contribution in [2.45, 2.75) is 57.8 Å². The lowest BCUT2D eigenvalue weighted by Crippen LogP contribution is -2.49. The molecular formula is C10H20O2Si. The summed E-state index contributed by atoms with van der Waals surface area (Å²) in [5, 5.41) is 0.211. The Morgan fingerprint density at radius 2 is 1.92 bits per heavy atom. The molecule has 2 nitrogen and oxygen atoms in total. The average molecular weight is 200 g/mol. The maximum absolute atomic E-state index is 11.1. The Balaban J connectivity index is 2.56. The Labute approximate surface area is 81.8 Å². The van der Waals surface area contributed by atoms with Gasteiger partial charge in [0.15, 0.2) is 14.1 Å². The van der Waals surface area contributed by atoms with Crippen molar-refractivity contribution in [1.82, 2.24) is 0 Å². The fraction of sp³-hybridized carbons (Fsp3) is 0.900. The Bertz CT molecular complexity index is 215. The van der Waals surface area contributed by atoms with E-state index in [1.807, 2.05) is 0 Å². The molecule has 1 atom stereocenters. The van der Waals surface area contributed by atoms with Crippen LogP contribution in [0.5, 0.6) is 0 Å². The SMILES string of the molecule is CC(C)(C)[Si](C)(C)OC1CCC1=O. The van der Waals surface area contributed by atoms with Crippen LogP contribution in [0.3, 0.4) is 0 Å². The van der Waals surface area contributed by atoms with Crippen LogP contribution in [-0.4, -0.2) is 20.2 Å². The van der Waals surface area contributed by atoms with Gasteiger partial charge in [-0.15, -0.1) is 0 Å². The van der Waals surface area contributed by atoms with E-state index in [0.29, 0.717) is 5.78 Å². The monoisotopic (exact) mass is 200 g/mol. The summed E-state index contributed by atoms with van der Waals surface area (Å²) in [5.41, 5.74) is 0. The van der Waals surface area contributed by atoms with Gasteiger partial charge in [-0.25, -0.2) is 0 Å². The molecule has 3 heteroatoms. The summed E-state index contributed by atoms with van der Waals surface area (Å²) in [6, 6.07) is 0. The van der Waals surface area contributed by atoms with E-state index < -0.39 is 8.32 Å². The second-order valence-electron chi connectivity index (χ2n) is 5.37. The summed E-state index contributed by atoms with van der Waals surface area (Å²) in [6.45, 7) is 11.0. The van der Waals surface area contributed by atoms with Crippen molar-refractivity contribution in [2.75, 3.05) is 0 Å². The quantitative estimate of drug-likeness (QED) is 0.641. The molecule has 1 aliphatic rings. The van der Waals surface area contributed by atoms with E-state index in [1.165, 1.54) is 0 Å². The lowest BCUT2D eigenvalue weighted by atomic mass is 9.95. The normalized spacial score (nSPS) is 24.4. The largest absolute Gasteiger partial charge is 0.407 e. The van der Waals surface area contributed by atoms with Crippen LogP contribution < -0.4 is 0 Å². The van der Waals surface area contributed by atoms with Crippen molar-refractivity contribution in [3.05, 3.63) is 0 Å². The van der Waals surface area contributed by atoms with Gasteiger partial charge in [-0.3, -0.25) is 4.79 Å². The maximum Gasteiger partial charge on any atom is 0.193 e. The van der Waals surface area contributed by atoms with Gasteiger partial charge in [0.1, 0.15) is 6.10 Å². The third kappa shape index (κ3) is 2.20. The van der Waals surface area contributed by atoms with Crippen LogP contribution in [0.15, 0.2) is 0 Å². The van der Waals surface area contributed by atoms with Crippen LogP contribution in [0.4, 0.5) is 0 Å². The topological polar surface area (TPSA) is 26.3 Å². The molecule has 0 aromatic rings. The molecule has 1 unspecified atom stereocenters. The van der Waals surface area contributed by atoms with Gasteiger partial charge < -0.3 is 4.43 Å². The van der Waals surface area contributed by atoms with E-state index in [2.05, 4.69) is 33.9 Å². The Kier molecular flexibility index (Phi) is 2.70. The molecule has 0 N–H and O–H groups in total. The second kappa shape index (κ2) is 3.21. The molecule has 0 aromatic carbocycles. The Morgan fingerprint density at radius 1 is 1.38 bits per heavy atom. The van der Waals surface area contributed by atoms with Gasteiger partial charge in [-0.2, -0.15) is 0 Å². The second-order valence-corrected chi connectivity index (χ2v) is 10.1. The number of carbonyl (C=O) groups is 1. The highest BCUT2D eigenvalue weighted by atomic mass is 28.4. The average Bonchev–Trinajstić information content (AvgIpc) is 1.95. The Morgan fingerprint density at radius 3 is 2.15 bits per heavy atom. The molecule has 0 aliphatic heterocycles. The summed E-state index contributed by atoms with van der Waals surface area (Å²) in [7, 11) is -1.70. The minimum absolute atomic E-state index is 0.0686. The molecule has 0 radical (unpaired) electrons. The third-order valence-corrected chi connectivity index (χ3v) is 7.74. The van der Waals surface area contributed by atoms with Gasteiger partial charge in [-0.1, -0.05) is 20.8 Å². The molecule has 0 bridgehead atoms. The van der Waals surface area contributed by atoms with Crippen LogP contribution in [0.1, 0.15) is 33.6 Å². The molecule has 1 saturated carbocycles. The summed E-state index contributed by atoms with van der Waals surface area (Å²) < 4.78 is 5.94. The highest BCUT2D eigenvalue weighted by Crippen LogP contribution is 2.39. The smallest absolute Gasteiger partial charge is 0.193 e. The first kappa shape index (κ1) is 10.9. The lowest BCUT2D eigenvalue weighted by Gasteiger charge is -2.41. The first-order valence-corrected chi connectivity index (χ1v) is 7.85. The Hall–Kier alpha value is -0.153. The van der Waals surface area contributed by atoms with Crippen LogP contribution in [-0.2, 0) is 9.22 Å². The van der Waals surface area contributed by atoms with E-state index in [0.717, 1.165) is 12.8 Å². The van der Waals surface area contributed by atoms with Crippen molar-refractivity contribution >= 4 is 14.1 Å². The molecule has 0 saturated heterocycles. The standard InChI is InChI=1S/C10H20O2Si/c1-10(2,3)13(4,5)12-9-7-6-8(9)11/h9H,6-7H2,1-5H3. The van der Waals surface area contributed by atoms with Crippen molar-refractivity contribution < 1.29 is 9.22 Å². The van der Waals surface area contributed by atoms with Gasteiger partial charge >= 0.3 is 0 Å². The van der Waals surface area contributed by atoms with Crippen LogP contribution in [0.2, 0.25) is 18.1 Å². The summed E-state index contributed by atoms with van der Waals surface area (Å²) in [5.74, 6) is 0.296. The predicted molar refractivity (Wildman–Crippen MR) is 56.3 cm³/mol. The predicted octanol–water partition coefficient (Wildman–Crippen LogP) is 2.74. The molecule has 13 heavy (non-hydrogen) atoms. The van der Waals surface area contributed by atoms with Crippen LogP contribution in [0, 0.1) is 0 Å². The van der Waals surface area contributed by atoms with Gasteiger partial charge in [0.05, 0.1) is 0 Å². The van der Waals surface area contributed by atoms with Crippen molar-refractivity contribution in [3.8, 4) is 0 Å². The van der Waals surface area contributed by atoms with E-state index >= 15 is 0 Å². The number of hydrogen-bond donors (Lipinski definition) is 0. The summed E-state index contributed by atoms with van der Waals surface area (Å²) >= 11 is 0. The van der Waals surface area contributed by atoms with E-state index in [1.54, 1.807) is 0 Å². The molecule has 0 amide bonds. The number of Topliss-reactive ketones (excluding diaryl/α,β-unsaturated/α-hetero) is 1. The highest BCUT2D eigenvalue weighted by molar-refractivity contribution is 6.74. The fourth-order valence-corrected chi connectivity index (χ4v) is 2.35. The zero-order valence-corrected chi connectivity index (χ0v) is 10.3. The molecular weight excluding hydrogens is 180 g/mol. The first-order valence-electron chi connectivity index (χ1n) is 4.94. The van der Waals surface area contributed by atoms with Crippen LogP contribution in [0.25, 0.3) is 0 Å². The van der Waals surface area contributed by atoms with Gasteiger partial charge in [0, 0.05) is 6.42 Å². The molecule has 76 valence electrons. The number of rotatable bonds is 2. The van der Waals surface area contributed by atoms with Gasteiger partial charge in [0.2, 0.25) is 0 Å². The highest BCUT2D eigenvalue weighted by Gasteiger charge is 2.42. The maximum atomic E-state index is 11.1. The van der Waals surface area contributed by atoms with Crippen LogP contribution >= 0.6 is 0 Å². The minimum atomic E-state index is -1.70. The summed E-state index contributed by atoms with van der Waals surface area (Å²) in [6.07, 6.45) is 1.59. The number of hydrogen-bond acceptors (Lipinski definition) is 2. The molecule has 1 rings (SSSR count). The molecule has 0 spiro atoms. The first-order chi connectivity index (χ1) is 5.74. The molecule has 1 aliphatic carbocycles. The van der Waals surface area contributed by atoms with Crippen molar-refractivity contribution in [1.29, 1.82) is 0 Å². The zero-order valence-electron chi connectivity index (χ0n) is 9.31. The molecule has 0 heterocycles. The van der Waals surface area contributed by atoms with Gasteiger partial charge in [0.25, 0.3) is 0 Å². The third-order valence-electron chi connectivity index (χ3n) is 3.26. The summed E-state index contributed by atoms with van der Waals surface area (Å²) in [4.78, 5) is 11.1. The van der Waals surface area contributed by atoms with E-state index in [9.17, 15) is 4.79 Å². The van der Waals surface area contributed by atoms with E-state index in [4.69, 9.17) is 4.43 Å². The fourth-order valence-electron chi connectivity index (χ4n) is 1.04. The lowest BCUT2D eigenvalue weighted by molar-refractivity contribution is -0.134. The van der Waals surface area contributed by atoms with E-state index in [-0.39, 0.29) is 11.1 Å². The van der Waals surface area contributed by atoms with Gasteiger partial charge in [-0.05, 0) is 24.6 Å². The van der Waals surface area contributed by atoms with Crippen molar-refractivity contribution in [2.24, 2.45) is 0 Å².